The zero-order valence-corrected chi connectivity index (χ0v) is 18.6. The number of para-hydroxylation sites is 1. The number of rotatable bonds is 7. The Morgan fingerprint density at radius 3 is 2.31 bits per heavy atom. The third-order valence-electron chi connectivity index (χ3n) is 4.87. The maximum Gasteiger partial charge on any atom is 0.238 e. The van der Waals surface area contributed by atoms with Crippen molar-refractivity contribution in [1.29, 1.82) is 0 Å². The minimum Gasteiger partial charge on any atom is -0.351 e. The van der Waals surface area contributed by atoms with Crippen molar-refractivity contribution in [1.82, 2.24) is 10.3 Å². The number of carbonyl (C=O) groups excluding carboxylic acids is 1. The van der Waals surface area contributed by atoms with Crippen LogP contribution in [-0.2, 0) is 21.4 Å². The topological polar surface area (TPSA) is 102 Å². The van der Waals surface area contributed by atoms with Crippen LogP contribution in [0.1, 0.15) is 16.4 Å². The molecule has 1 atom stereocenters. The zero-order valence-electron chi connectivity index (χ0n) is 17.0. The smallest absolute Gasteiger partial charge is 0.238 e. The predicted octanol–water partition coefficient (Wildman–Crippen LogP) is 4.03. The number of sulfonamides is 1. The van der Waals surface area contributed by atoms with E-state index in [9.17, 15) is 13.2 Å². The van der Waals surface area contributed by atoms with Gasteiger partial charge in [0.15, 0.2) is 0 Å². The monoisotopic (exact) mass is 463 g/mol. The van der Waals surface area contributed by atoms with Gasteiger partial charge in [-0.05, 0) is 35.4 Å². The highest BCUT2D eigenvalue weighted by molar-refractivity contribution is 8.00. The van der Waals surface area contributed by atoms with Crippen molar-refractivity contribution < 1.29 is 13.2 Å². The number of thioether (sulfide) groups is 1. The molecule has 0 fully saturated rings. The van der Waals surface area contributed by atoms with Crippen LogP contribution in [0.25, 0.3) is 10.9 Å². The second kappa shape index (κ2) is 9.52. The largest absolute Gasteiger partial charge is 0.351 e. The molecule has 0 spiro atoms. The summed E-state index contributed by atoms with van der Waals surface area (Å²) in [5.74, 6) is -0.160. The molecule has 0 saturated carbocycles. The summed E-state index contributed by atoms with van der Waals surface area (Å²) >= 11 is 1.39. The molecule has 162 valence electrons. The number of hydrogen-bond donors (Lipinski definition) is 2. The number of aromatic nitrogens is 1. The molecule has 1 heterocycles. The molecule has 3 aromatic carbocycles. The summed E-state index contributed by atoms with van der Waals surface area (Å²) < 4.78 is 22.8. The second-order valence-electron chi connectivity index (χ2n) is 7.16. The number of fused-ring (bicyclic) bond motifs is 1. The first-order chi connectivity index (χ1) is 15.4. The highest BCUT2D eigenvalue weighted by Gasteiger charge is 2.22. The highest BCUT2D eigenvalue weighted by Crippen LogP contribution is 2.35. The summed E-state index contributed by atoms with van der Waals surface area (Å²) in [5.41, 5.74) is 2.51. The number of nitrogens with zero attached hydrogens (tertiary/aromatic N) is 1. The van der Waals surface area contributed by atoms with Crippen molar-refractivity contribution in [3.8, 4) is 0 Å². The minimum absolute atomic E-state index is 0.0349. The van der Waals surface area contributed by atoms with E-state index in [1.807, 2.05) is 66.7 Å². The Kier molecular flexibility index (Phi) is 6.55. The molecule has 0 radical (unpaired) electrons. The molecule has 0 aliphatic carbocycles. The first-order valence-corrected chi connectivity index (χ1v) is 12.3. The van der Waals surface area contributed by atoms with Crippen molar-refractivity contribution in [3.05, 3.63) is 102 Å². The van der Waals surface area contributed by atoms with Crippen molar-refractivity contribution >= 4 is 38.6 Å². The SMILES string of the molecule is NS(=O)(=O)c1ccc(CNC(=O)[C@H](Sc2ccc3ccccc3n2)c2ccccc2)cc1. The molecule has 0 bridgehead atoms. The molecule has 0 aliphatic heterocycles. The number of nitrogens with one attached hydrogen (secondary N) is 1. The molecular formula is C24H21N3O3S2. The maximum absolute atomic E-state index is 13.1. The number of primary sulfonamides is 1. The average Bonchev–Trinajstić information content (AvgIpc) is 2.81. The van der Waals surface area contributed by atoms with Gasteiger partial charge >= 0.3 is 0 Å². The van der Waals surface area contributed by atoms with Crippen LogP contribution in [0.5, 0.6) is 0 Å². The van der Waals surface area contributed by atoms with Crippen molar-refractivity contribution in [2.45, 2.75) is 21.7 Å². The first-order valence-electron chi connectivity index (χ1n) is 9.87. The summed E-state index contributed by atoms with van der Waals surface area (Å²) in [6.07, 6.45) is 0. The summed E-state index contributed by atoms with van der Waals surface area (Å²) in [5, 5.41) is 9.38. The fourth-order valence-electron chi connectivity index (χ4n) is 3.21. The summed E-state index contributed by atoms with van der Waals surface area (Å²) in [6, 6.07) is 27.4. The van der Waals surface area contributed by atoms with E-state index in [1.165, 1.54) is 23.9 Å². The molecular weight excluding hydrogens is 442 g/mol. The maximum atomic E-state index is 13.1. The average molecular weight is 464 g/mol. The number of carbonyl (C=O) groups is 1. The van der Waals surface area contributed by atoms with Gasteiger partial charge in [0.05, 0.1) is 15.4 Å². The molecule has 0 aliphatic rings. The van der Waals surface area contributed by atoms with Crippen LogP contribution in [0, 0.1) is 0 Å². The fourth-order valence-corrected chi connectivity index (χ4v) is 4.75. The predicted molar refractivity (Wildman–Crippen MR) is 126 cm³/mol. The molecule has 3 N–H and O–H groups in total. The van der Waals surface area contributed by atoms with Gasteiger partial charge in [-0.15, -0.1) is 0 Å². The van der Waals surface area contributed by atoms with Crippen molar-refractivity contribution in [2.24, 2.45) is 5.14 Å². The number of amides is 1. The Morgan fingerprint density at radius 2 is 1.59 bits per heavy atom. The standard InChI is InChI=1S/C24H21N3O3S2/c25-32(29,30)20-13-10-17(11-14-20)16-26-24(28)23(19-7-2-1-3-8-19)31-22-15-12-18-6-4-5-9-21(18)27-22/h1-15,23H,16H2,(H,26,28)(H2,25,29,30)/t23-/m1/s1. The van der Waals surface area contributed by atoms with E-state index in [1.54, 1.807) is 12.1 Å². The normalized spacial score (nSPS) is 12.4. The fraction of sp³-hybridized carbons (Fsp3) is 0.0833. The lowest BCUT2D eigenvalue weighted by atomic mass is 10.1. The molecule has 1 aromatic heterocycles. The minimum atomic E-state index is -3.75. The van der Waals surface area contributed by atoms with Crippen LogP contribution >= 0.6 is 11.8 Å². The van der Waals surface area contributed by atoms with Gasteiger partial charge in [-0.2, -0.15) is 0 Å². The van der Waals surface area contributed by atoms with Gasteiger partial charge in [-0.1, -0.05) is 78.5 Å². The zero-order chi connectivity index (χ0) is 22.6. The van der Waals surface area contributed by atoms with Crippen molar-refractivity contribution in [2.75, 3.05) is 0 Å². The van der Waals surface area contributed by atoms with Crippen LogP contribution in [-0.4, -0.2) is 19.3 Å². The van der Waals surface area contributed by atoms with E-state index in [0.717, 1.165) is 27.1 Å². The highest BCUT2D eigenvalue weighted by atomic mass is 32.2. The van der Waals surface area contributed by atoms with Crippen LogP contribution in [0.4, 0.5) is 0 Å². The lowest BCUT2D eigenvalue weighted by Crippen LogP contribution is -2.27. The molecule has 8 heteroatoms. The third-order valence-corrected chi connectivity index (χ3v) is 6.99. The van der Waals surface area contributed by atoms with Crippen LogP contribution in [0.15, 0.2) is 101 Å². The van der Waals surface area contributed by atoms with Crippen molar-refractivity contribution in [3.63, 3.8) is 0 Å². The molecule has 0 saturated heterocycles. The molecule has 4 rings (SSSR count). The van der Waals surface area contributed by atoms with E-state index in [0.29, 0.717) is 0 Å². The first kappa shape index (κ1) is 22.0. The van der Waals surface area contributed by atoms with Gasteiger partial charge in [-0.25, -0.2) is 18.5 Å². The molecule has 1 amide bonds. The summed E-state index contributed by atoms with van der Waals surface area (Å²) in [4.78, 5) is 17.9. The molecule has 6 nitrogen and oxygen atoms in total. The number of hydrogen-bond acceptors (Lipinski definition) is 5. The second-order valence-corrected chi connectivity index (χ2v) is 9.84. The van der Waals surface area contributed by atoms with Gasteiger partial charge in [0.1, 0.15) is 5.25 Å². The Labute approximate surface area is 190 Å². The summed E-state index contributed by atoms with van der Waals surface area (Å²) in [7, 11) is -3.75. The van der Waals surface area contributed by atoms with E-state index in [2.05, 4.69) is 10.3 Å². The van der Waals surface area contributed by atoms with E-state index < -0.39 is 15.3 Å². The number of pyridine rings is 1. The van der Waals surface area contributed by atoms with Gasteiger partial charge < -0.3 is 5.32 Å². The Morgan fingerprint density at radius 1 is 0.906 bits per heavy atom. The molecule has 0 unspecified atom stereocenters. The number of nitrogens with two attached hydrogens (primary N) is 1. The van der Waals surface area contributed by atoms with E-state index in [-0.39, 0.29) is 17.3 Å². The Balaban J connectivity index is 1.52. The van der Waals surface area contributed by atoms with Crippen LogP contribution in [0.2, 0.25) is 0 Å². The van der Waals surface area contributed by atoms with Gasteiger partial charge in [-0.3, -0.25) is 4.79 Å². The van der Waals surface area contributed by atoms with Crippen LogP contribution in [0.3, 0.4) is 0 Å². The van der Waals surface area contributed by atoms with Crippen LogP contribution < -0.4 is 10.5 Å². The molecule has 4 aromatic rings. The lowest BCUT2D eigenvalue weighted by Gasteiger charge is -2.17. The summed E-state index contributed by atoms with van der Waals surface area (Å²) in [6.45, 7) is 0.263. The third kappa shape index (κ3) is 5.34. The van der Waals surface area contributed by atoms with Gasteiger partial charge in [0.25, 0.3) is 0 Å². The lowest BCUT2D eigenvalue weighted by molar-refractivity contribution is -0.120. The Hall–Kier alpha value is -3.20. The van der Waals surface area contributed by atoms with E-state index in [4.69, 9.17) is 5.14 Å². The Bertz CT molecular complexity index is 1340. The van der Waals surface area contributed by atoms with Gasteiger partial charge in [0, 0.05) is 11.9 Å². The number of benzene rings is 3. The quantitative estimate of drug-likeness (QED) is 0.403. The molecule has 32 heavy (non-hydrogen) atoms. The van der Waals surface area contributed by atoms with E-state index >= 15 is 0 Å². The van der Waals surface area contributed by atoms with Gasteiger partial charge in [0.2, 0.25) is 15.9 Å².